The fraction of sp³-hybridized carbons (Fsp3) is 0.200. The number of hydrogen-bond acceptors (Lipinski definition) is 2. The van der Waals surface area contributed by atoms with Gasteiger partial charge in [-0.2, -0.15) is 0 Å². The molecule has 2 aromatic rings. The van der Waals surface area contributed by atoms with E-state index >= 15 is 0 Å². The summed E-state index contributed by atoms with van der Waals surface area (Å²) in [4.78, 5) is 4.75. The Balaban J connectivity index is 2.58. The maximum absolute atomic E-state index is 5.60. The second-order valence-corrected chi connectivity index (χ2v) is 3.69. The lowest BCUT2D eigenvalue weighted by Crippen LogP contribution is -2.21. The molecule has 0 aliphatic heterocycles. The number of rotatable bonds is 2. The SMILES string of the molecule is CC(C(N)=S)n1cnc2ccccc21. The Labute approximate surface area is 87.5 Å². The van der Waals surface area contributed by atoms with Gasteiger partial charge in [0.2, 0.25) is 0 Å². The molecule has 2 rings (SSSR count). The number of fused-ring (bicyclic) bond motifs is 1. The van der Waals surface area contributed by atoms with Crippen LogP contribution in [0.15, 0.2) is 30.6 Å². The number of hydrogen-bond donors (Lipinski definition) is 1. The number of imidazole rings is 1. The summed E-state index contributed by atoms with van der Waals surface area (Å²) in [5.41, 5.74) is 7.63. The Kier molecular flexibility index (Phi) is 2.21. The van der Waals surface area contributed by atoms with Gasteiger partial charge in [0, 0.05) is 0 Å². The molecule has 0 radical (unpaired) electrons. The van der Waals surface area contributed by atoms with Gasteiger partial charge in [-0.05, 0) is 19.1 Å². The fourth-order valence-corrected chi connectivity index (χ4v) is 1.54. The molecule has 0 saturated heterocycles. The van der Waals surface area contributed by atoms with Crippen LogP contribution < -0.4 is 5.73 Å². The number of para-hydroxylation sites is 2. The van der Waals surface area contributed by atoms with E-state index in [2.05, 4.69) is 4.98 Å². The summed E-state index contributed by atoms with van der Waals surface area (Å²) in [7, 11) is 0. The van der Waals surface area contributed by atoms with Crippen molar-refractivity contribution in [3.8, 4) is 0 Å². The first-order chi connectivity index (χ1) is 6.70. The molecule has 72 valence electrons. The molecule has 3 nitrogen and oxygen atoms in total. The standard InChI is InChI=1S/C10H11N3S/c1-7(10(11)14)13-6-12-8-4-2-3-5-9(8)13/h2-7H,1H3,(H2,11,14). The van der Waals surface area contributed by atoms with E-state index in [1.54, 1.807) is 6.33 Å². The summed E-state index contributed by atoms with van der Waals surface area (Å²) in [6.45, 7) is 1.97. The van der Waals surface area contributed by atoms with Crippen LogP contribution in [0, 0.1) is 0 Å². The van der Waals surface area contributed by atoms with E-state index in [0.717, 1.165) is 11.0 Å². The predicted octanol–water partition coefficient (Wildman–Crippen LogP) is 1.88. The largest absolute Gasteiger partial charge is 0.392 e. The van der Waals surface area contributed by atoms with Crippen molar-refractivity contribution >= 4 is 28.2 Å². The Bertz CT molecular complexity index is 475. The van der Waals surface area contributed by atoms with Crippen molar-refractivity contribution in [1.29, 1.82) is 0 Å². The smallest absolute Gasteiger partial charge is 0.0964 e. The Morgan fingerprint density at radius 2 is 2.21 bits per heavy atom. The first kappa shape index (κ1) is 9.15. The maximum Gasteiger partial charge on any atom is 0.0964 e. The molecule has 0 fully saturated rings. The van der Waals surface area contributed by atoms with Crippen molar-refractivity contribution in [3.63, 3.8) is 0 Å². The number of nitrogens with zero attached hydrogens (tertiary/aromatic N) is 2. The van der Waals surface area contributed by atoms with E-state index in [-0.39, 0.29) is 6.04 Å². The zero-order valence-electron chi connectivity index (χ0n) is 7.84. The van der Waals surface area contributed by atoms with Gasteiger partial charge in [0.15, 0.2) is 0 Å². The number of aromatic nitrogens is 2. The molecular weight excluding hydrogens is 194 g/mol. The Morgan fingerprint density at radius 3 is 2.93 bits per heavy atom. The van der Waals surface area contributed by atoms with Crippen molar-refractivity contribution in [2.75, 3.05) is 0 Å². The third kappa shape index (κ3) is 1.37. The predicted molar refractivity (Wildman–Crippen MR) is 61.2 cm³/mol. The van der Waals surface area contributed by atoms with Crippen LogP contribution in [0.2, 0.25) is 0 Å². The van der Waals surface area contributed by atoms with E-state index in [9.17, 15) is 0 Å². The summed E-state index contributed by atoms with van der Waals surface area (Å²) in [5, 5.41) is 0. The van der Waals surface area contributed by atoms with Crippen molar-refractivity contribution in [3.05, 3.63) is 30.6 Å². The van der Waals surface area contributed by atoms with Crippen LogP contribution in [0.4, 0.5) is 0 Å². The van der Waals surface area contributed by atoms with E-state index in [0.29, 0.717) is 4.99 Å². The summed E-state index contributed by atoms with van der Waals surface area (Å²) in [6.07, 6.45) is 1.77. The number of thiocarbonyl (C=S) groups is 1. The second kappa shape index (κ2) is 3.38. The second-order valence-electron chi connectivity index (χ2n) is 3.22. The quantitative estimate of drug-likeness (QED) is 0.761. The zero-order chi connectivity index (χ0) is 10.1. The molecule has 0 aliphatic carbocycles. The third-order valence-corrected chi connectivity index (χ3v) is 2.65. The monoisotopic (exact) mass is 205 g/mol. The maximum atomic E-state index is 5.60. The average Bonchev–Trinajstić information content (AvgIpc) is 2.60. The van der Waals surface area contributed by atoms with Crippen LogP contribution in [-0.2, 0) is 0 Å². The molecule has 1 aromatic heterocycles. The lowest BCUT2D eigenvalue weighted by Gasteiger charge is -2.11. The van der Waals surface area contributed by atoms with Gasteiger partial charge in [0.1, 0.15) is 0 Å². The minimum Gasteiger partial charge on any atom is -0.392 e. The first-order valence-corrected chi connectivity index (χ1v) is 4.82. The van der Waals surface area contributed by atoms with Gasteiger partial charge in [-0.15, -0.1) is 0 Å². The van der Waals surface area contributed by atoms with E-state index < -0.39 is 0 Å². The van der Waals surface area contributed by atoms with Gasteiger partial charge in [-0.3, -0.25) is 0 Å². The number of benzene rings is 1. The normalized spacial score (nSPS) is 12.9. The van der Waals surface area contributed by atoms with Gasteiger partial charge in [-0.1, -0.05) is 24.4 Å². The van der Waals surface area contributed by atoms with E-state index in [1.807, 2.05) is 35.8 Å². The molecule has 1 heterocycles. The molecule has 0 amide bonds. The molecule has 1 aromatic carbocycles. The van der Waals surface area contributed by atoms with Crippen molar-refractivity contribution in [2.24, 2.45) is 5.73 Å². The van der Waals surface area contributed by atoms with Crippen molar-refractivity contribution < 1.29 is 0 Å². The van der Waals surface area contributed by atoms with Crippen LogP contribution in [-0.4, -0.2) is 14.5 Å². The minimum atomic E-state index is 0.0115. The third-order valence-electron chi connectivity index (χ3n) is 2.31. The zero-order valence-corrected chi connectivity index (χ0v) is 8.66. The highest BCUT2D eigenvalue weighted by atomic mass is 32.1. The molecule has 14 heavy (non-hydrogen) atoms. The van der Waals surface area contributed by atoms with Crippen LogP contribution >= 0.6 is 12.2 Å². The molecule has 0 aliphatic rings. The highest BCUT2D eigenvalue weighted by Gasteiger charge is 2.10. The summed E-state index contributed by atoms with van der Waals surface area (Å²) in [6, 6.07) is 7.94. The van der Waals surface area contributed by atoms with Crippen molar-refractivity contribution in [1.82, 2.24) is 9.55 Å². The molecule has 1 unspecified atom stereocenters. The van der Waals surface area contributed by atoms with Crippen LogP contribution in [0.1, 0.15) is 13.0 Å². The Morgan fingerprint density at radius 1 is 1.50 bits per heavy atom. The van der Waals surface area contributed by atoms with Gasteiger partial charge in [-0.25, -0.2) is 4.98 Å². The summed E-state index contributed by atoms with van der Waals surface area (Å²) >= 11 is 4.96. The van der Waals surface area contributed by atoms with Gasteiger partial charge >= 0.3 is 0 Å². The molecule has 0 spiro atoms. The van der Waals surface area contributed by atoms with Gasteiger partial charge < -0.3 is 10.3 Å². The molecule has 4 heteroatoms. The van der Waals surface area contributed by atoms with E-state index in [4.69, 9.17) is 18.0 Å². The van der Waals surface area contributed by atoms with E-state index in [1.165, 1.54) is 0 Å². The molecule has 2 N–H and O–H groups in total. The lowest BCUT2D eigenvalue weighted by molar-refractivity contribution is 0.720. The molecule has 0 saturated carbocycles. The summed E-state index contributed by atoms with van der Waals surface area (Å²) in [5.74, 6) is 0. The highest BCUT2D eigenvalue weighted by molar-refractivity contribution is 7.80. The average molecular weight is 205 g/mol. The van der Waals surface area contributed by atoms with Crippen LogP contribution in [0.3, 0.4) is 0 Å². The van der Waals surface area contributed by atoms with Crippen molar-refractivity contribution in [2.45, 2.75) is 13.0 Å². The highest BCUT2D eigenvalue weighted by Crippen LogP contribution is 2.16. The van der Waals surface area contributed by atoms with Crippen LogP contribution in [0.5, 0.6) is 0 Å². The fourth-order valence-electron chi connectivity index (χ4n) is 1.42. The minimum absolute atomic E-state index is 0.0115. The lowest BCUT2D eigenvalue weighted by atomic mass is 10.3. The Hall–Kier alpha value is -1.42. The van der Waals surface area contributed by atoms with Crippen LogP contribution in [0.25, 0.3) is 11.0 Å². The molecular formula is C10H11N3S. The first-order valence-electron chi connectivity index (χ1n) is 4.41. The number of nitrogens with two attached hydrogens (primary N) is 1. The van der Waals surface area contributed by atoms with Gasteiger partial charge in [0.05, 0.1) is 28.4 Å². The summed E-state index contributed by atoms with van der Waals surface area (Å²) < 4.78 is 1.98. The topological polar surface area (TPSA) is 43.8 Å². The van der Waals surface area contributed by atoms with Gasteiger partial charge in [0.25, 0.3) is 0 Å². The molecule has 1 atom stereocenters. The molecule has 0 bridgehead atoms.